The first-order chi connectivity index (χ1) is 8.31. The van der Waals surface area contributed by atoms with Crippen molar-refractivity contribution in [1.29, 1.82) is 0 Å². The summed E-state index contributed by atoms with van der Waals surface area (Å²) < 4.78 is 0. The second-order valence-electron chi connectivity index (χ2n) is 3.67. The lowest BCUT2D eigenvalue weighted by Gasteiger charge is -2.07. The van der Waals surface area contributed by atoms with Gasteiger partial charge in [0.2, 0.25) is 0 Å². The number of rotatable bonds is 3. The molecule has 0 aliphatic carbocycles. The molecule has 0 saturated carbocycles. The lowest BCUT2D eigenvalue weighted by Crippen LogP contribution is -2.02. The average Bonchev–Trinajstić information content (AvgIpc) is 2.35. The molecule has 3 nitrogen and oxygen atoms in total. The van der Waals surface area contributed by atoms with Gasteiger partial charge in [0.1, 0.15) is 11.6 Å². The first kappa shape index (κ1) is 11.3. The molecule has 1 heterocycles. The van der Waals surface area contributed by atoms with Gasteiger partial charge < -0.3 is 10.4 Å². The van der Waals surface area contributed by atoms with E-state index in [0.29, 0.717) is 0 Å². The second-order valence-corrected chi connectivity index (χ2v) is 3.67. The van der Waals surface area contributed by atoms with E-state index in [-0.39, 0.29) is 5.75 Å². The summed E-state index contributed by atoms with van der Waals surface area (Å²) in [6.45, 7) is 2.58. The zero-order chi connectivity index (χ0) is 12.1. The minimum Gasteiger partial charge on any atom is -0.508 e. The Labute approximate surface area is 101 Å². The van der Waals surface area contributed by atoms with Crippen molar-refractivity contribution in [2.24, 2.45) is 0 Å². The number of benzene rings is 1. The van der Waals surface area contributed by atoms with Gasteiger partial charge in [-0.15, -0.1) is 11.8 Å². The summed E-state index contributed by atoms with van der Waals surface area (Å²) in [4.78, 5) is 4.28. The Hall–Kier alpha value is -2.21. The summed E-state index contributed by atoms with van der Waals surface area (Å²) in [7, 11) is 0. The first-order valence-corrected chi connectivity index (χ1v) is 5.52. The fourth-order valence-electron chi connectivity index (χ4n) is 1.67. The molecule has 0 spiro atoms. The van der Waals surface area contributed by atoms with Crippen LogP contribution in [0.15, 0.2) is 30.5 Å². The normalized spacial score (nSPS) is 9.71. The monoisotopic (exact) mass is 226 g/mol. The van der Waals surface area contributed by atoms with Crippen molar-refractivity contribution in [3.05, 3.63) is 30.5 Å². The number of aromatic hydroxyl groups is 1. The molecule has 0 fully saturated rings. The van der Waals surface area contributed by atoms with Crippen molar-refractivity contribution in [2.75, 3.05) is 11.9 Å². The Kier molecular flexibility index (Phi) is 3.46. The summed E-state index contributed by atoms with van der Waals surface area (Å²) in [5, 5.41) is 14.7. The average molecular weight is 226 g/mol. The van der Waals surface area contributed by atoms with Crippen LogP contribution in [0.1, 0.15) is 13.3 Å². The second kappa shape index (κ2) is 5.22. The predicted molar refractivity (Wildman–Crippen MR) is 70.0 cm³/mol. The van der Waals surface area contributed by atoms with Gasteiger partial charge in [-0.1, -0.05) is 6.07 Å². The highest BCUT2D eigenvalue weighted by molar-refractivity contribution is 5.92. The maximum Gasteiger partial charge on any atom is 0.133 e. The van der Waals surface area contributed by atoms with Gasteiger partial charge in [-0.05, 0) is 30.5 Å². The Morgan fingerprint density at radius 3 is 3.06 bits per heavy atom. The third-order valence-corrected chi connectivity index (χ3v) is 2.47. The molecule has 0 unspecified atom stereocenters. The van der Waals surface area contributed by atoms with Crippen molar-refractivity contribution >= 4 is 16.6 Å². The van der Waals surface area contributed by atoms with E-state index >= 15 is 0 Å². The molecule has 0 amide bonds. The molecule has 0 atom stereocenters. The summed E-state index contributed by atoms with van der Waals surface area (Å²) in [5.74, 6) is 6.88. The van der Waals surface area contributed by atoms with Crippen LogP contribution in [0.4, 0.5) is 5.82 Å². The minimum absolute atomic E-state index is 0.252. The standard InChI is InChI=1S/C14H14N2O/c1-2-3-4-8-15-14-13-10-12(17)6-5-11(13)7-9-16-14/h5-7,9-10,17H,4,8H2,1H3,(H,15,16). The molecule has 2 aromatic rings. The lowest BCUT2D eigenvalue weighted by atomic mass is 10.1. The van der Waals surface area contributed by atoms with Crippen LogP contribution >= 0.6 is 0 Å². The molecule has 2 rings (SSSR count). The third-order valence-electron chi connectivity index (χ3n) is 2.47. The lowest BCUT2D eigenvalue weighted by molar-refractivity contribution is 0.476. The molecule has 86 valence electrons. The molecule has 0 aliphatic heterocycles. The van der Waals surface area contributed by atoms with Crippen molar-refractivity contribution in [3.63, 3.8) is 0 Å². The molecule has 1 aromatic carbocycles. The Morgan fingerprint density at radius 1 is 1.35 bits per heavy atom. The fraction of sp³-hybridized carbons (Fsp3) is 0.214. The molecular weight excluding hydrogens is 212 g/mol. The maximum absolute atomic E-state index is 9.49. The highest BCUT2D eigenvalue weighted by Gasteiger charge is 2.02. The van der Waals surface area contributed by atoms with Crippen LogP contribution in [0.3, 0.4) is 0 Å². The molecule has 0 radical (unpaired) electrons. The van der Waals surface area contributed by atoms with E-state index in [4.69, 9.17) is 0 Å². The van der Waals surface area contributed by atoms with Gasteiger partial charge >= 0.3 is 0 Å². The first-order valence-electron chi connectivity index (χ1n) is 5.52. The zero-order valence-electron chi connectivity index (χ0n) is 9.70. The van der Waals surface area contributed by atoms with Crippen LogP contribution in [-0.4, -0.2) is 16.6 Å². The number of fused-ring (bicyclic) bond motifs is 1. The number of phenols is 1. The van der Waals surface area contributed by atoms with Crippen molar-refractivity contribution < 1.29 is 5.11 Å². The van der Waals surface area contributed by atoms with E-state index in [1.54, 1.807) is 18.3 Å². The van der Waals surface area contributed by atoms with Crippen LogP contribution in [0.2, 0.25) is 0 Å². The van der Waals surface area contributed by atoms with Gasteiger partial charge in [0.05, 0.1) is 0 Å². The van der Waals surface area contributed by atoms with Gasteiger partial charge in [0, 0.05) is 24.5 Å². The summed E-state index contributed by atoms with van der Waals surface area (Å²) >= 11 is 0. The van der Waals surface area contributed by atoms with E-state index in [1.807, 2.05) is 19.1 Å². The van der Waals surface area contributed by atoms with Gasteiger partial charge in [-0.25, -0.2) is 4.98 Å². The van der Waals surface area contributed by atoms with Gasteiger partial charge in [-0.3, -0.25) is 0 Å². The highest BCUT2D eigenvalue weighted by atomic mass is 16.3. The van der Waals surface area contributed by atoms with Crippen LogP contribution in [0.25, 0.3) is 10.8 Å². The number of phenolic OH excluding ortho intramolecular Hbond substituents is 1. The Bertz CT molecular complexity index is 582. The molecule has 2 N–H and O–H groups in total. The number of hydrogen-bond donors (Lipinski definition) is 2. The fourth-order valence-corrected chi connectivity index (χ4v) is 1.67. The number of aromatic nitrogens is 1. The Morgan fingerprint density at radius 2 is 2.24 bits per heavy atom. The van der Waals surface area contributed by atoms with Gasteiger partial charge in [-0.2, -0.15) is 0 Å². The molecule has 17 heavy (non-hydrogen) atoms. The van der Waals surface area contributed by atoms with Gasteiger partial charge in [0.25, 0.3) is 0 Å². The minimum atomic E-state index is 0.252. The van der Waals surface area contributed by atoms with Crippen LogP contribution < -0.4 is 5.32 Å². The van der Waals surface area contributed by atoms with E-state index in [2.05, 4.69) is 22.1 Å². The molecular formula is C14H14N2O. The highest BCUT2D eigenvalue weighted by Crippen LogP contribution is 2.24. The summed E-state index contributed by atoms with van der Waals surface area (Å²) in [5.41, 5.74) is 0. The summed E-state index contributed by atoms with van der Waals surface area (Å²) in [6.07, 6.45) is 2.54. The molecule has 0 bridgehead atoms. The number of anilines is 1. The van der Waals surface area contributed by atoms with Crippen LogP contribution in [0.5, 0.6) is 5.75 Å². The van der Waals surface area contributed by atoms with Crippen molar-refractivity contribution in [2.45, 2.75) is 13.3 Å². The molecule has 3 heteroatoms. The largest absolute Gasteiger partial charge is 0.508 e. The SMILES string of the molecule is CC#CCCNc1nccc2ccc(O)cc12. The van der Waals surface area contributed by atoms with E-state index in [0.717, 1.165) is 29.6 Å². The zero-order valence-corrected chi connectivity index (χ0v) is 9.70. The smallest absolute Gasteiger partial charge is 0.133 e. The Balaban J connectivity index is 2.26. The van der Waals surface area contributed by atoms with Crippen LogP contribution in [-0.2, 0) is 0 Å². The quantitative estimate of drug-likeness (QED) is 0.625. The molecule has 0 saturated heterocycles. The summed E-state index contributed by atoms with van der Waals surface area (Å²) in [6, 6.07) is 7.19. The third kappa shape index (κ3) is 2.67. The van der Waals surface area contributed by atoms with E-state index in [1.165, 1.54) is 0 Å². The van der Waals surface area contributed by atoms with Gasteiger partial charge in [0.15, 0.2) is 0 Å². The number of nitrogens with one attached hydrogen (secondary N) is 1. The van der Waals surface area contributed by atoms with Crippen LogP contribution in [0, 0.1) is 11.8 Å². The van der Waals surface area contributed by atoms with Crippen molar-refractivity contribution in [3.8, 4) is 17.6 Å². The number of hydrogen-bond acceptors (Lipinski definition) is 3. The maximum atomic E-state index is 9.49. The van der Waals surface area contributed by atoms with Crippen molar-refractivity contribution in [1.82, 2.24) is 4.98 Å². The predicted octanol–water partition coefficient (Wildman–Crippen LogP) is 2.77. The molecule has 0 aliphatic rings. The number of pyridine rings is 1. The van der Waals surface area contributed by atoms with E-state index in [9.17, 15) is 5.11 Å². The number of nitrogens with zero attached hydrogens (tertiary/aromatic N) is 1. The van der Waals surface area contributed by atoms with E-state index < -0.39 is 0 Å². The molecule has 1 aromatic heterocycles. The topological polar surface area (TPSA) is 45.2 Å².